The van der Waals surface area contributed by atoms with Crippen LogP contribution >= 0.6 is 22.6 Å². The van der Waals surface area contributed by atoms with Gasteiger partial charge in [-0.3, -0.25) is 0 Å². The molecule has 0 aromatic carbocycles. The van der Waals surface area contributed by atoms with Crippen molar-refractivity contribution >= 4 is 30.7 Å². The molecule has 0 radical (unpaired) electrons. The van der Waals surface area contributed by atoms with E-state index in [9.17, 15) is 0 Å². The van der Waals surface area contributed by atoms with E-state index in [1.807, 2.05) is 0 Å². The van der Waals surface area contributed by atoms with Gasteiger partial charge < -0.3 is 0 Å². The molecule has 0 heterocycles. The molecule has 1 aliphatic rings. The summed E-state index contributed by atoms with van der Waals surface area (Å²) in [5.41, 5.74) is 1.46. The summed E-state index contributed by atoms with van der Waals surface area (Å²) in [4.78, 5) is 0. The number of hydrogen-bond acceptors (Lipinski definition) is 0. The molecular weight excluding hydrogens is 311 g/mol. The van der Waals surface area contributed by atoms with Gasteiger partial charge in [-0.2, -0.15) is 0 Å². The fourth-order valence-electron chi connectivity index (χ4n) is 2.39. The zero-order chi connectivity index (χ0) is 11.5. The van der Waals surface area contributed by atoms with Crippen LogP contribution in [0.5, 0.6) is 0 Å². The highest BCUT2D eigenvalue weighted by Crippen LogP contribution is 2.36. The van der Waals surface area contributed by atoms with Gasteiger partial charge in [0.15, 0.2) is 0 Å². The van der Waals surface area contributed by atoms with Gasteiger partial charge in [-0.05, 0) is 22.8 Å². The Kier molecular flexibility index (Phi) is 5.10. The van der Waals surface area contributed by atoms with Gasteiger partial charge in [-0.25, -0.2) is 0 Å². The number of allylic oxidation sites excluding steroid dienone is 2. The standard InChI is InChI=1S/C13H23ISi/c1-11(12-8-6-5-7-9-12)13(10-14)15(2,3)4/h10,12H,1,5-9H2,2-4H3/b13-10+. The lowest BCUT2D eigenvalue weighted by molar-refractivity contribution is 0.408. The minimum atomic E-state index is -1.18. The van der Waals surface area contributed by atoms with Gasteiger partial charge >= 0.3 is 0 Å². The minimum absolute atomic E-state index is 0.784. The van der Waals surface area contributed by atoms with Crippen LogP contribution in [0.25, 0.3) is 0 Å². The highest BCUT2D eigenvalue weighted by molar-refractivity contribution is 14.1. The first-order chi connectivity index (χ1) is 6.96. The molecular formula is C13H23ISi. The smallest absolute Gasteiger partial charge is 0.0785 e. The largest absolute Gasteiger partial charge is 0.0956 e. The highest BCUT2D eigenvalue weighted by Gasteiger charge is 2.26. The van der Waals surface area contributed by atoms with E-state index in [1.165, 1.54) is 37.7 Å². The summed E-state index contributed by atoms with van der Waals surface area (Å²) < 4.78 is 2.29. The van der Waals surface area contributed by atoms with E-state index < -0.39 is 8.07 Å². The highest BCUT2D eigenvalue weighted by atomic mass is 127. The topological polar surface area (TPSA) is 0 Å². The second-order valence-corrected chi connectivity index (χ2v) is 11.3. The molecule has 0 bridgehead atoms. The molecule has 0 unspecified atom stereocenters. The molecule has 0 aliphatic heterocycles. The molecule has 1 fully saturated rings. The summed E-state index contributed by atoms with van der Waals surface area (Å²) in [7, 11) is -1.18. The average Bonchev–Trinajstić information content (AvgIpc) is 2.18. The van der Waals surface area contributed by atoms with Crippen molar-refractivity contribution in [3.63, 3.8) is 0 Å². The number of hydrogen-bond donors (Lipinski definition) is 0. The van der Waals surface area contributed by atoms with Crippen LogP contribution in [-0.2, 0) is 0 Å². The van der Waals surface area contributed by atoms with Crippen LogP contribution < -0.4 is 0 Å². The number of halogens is 1. The molecule has 0 atom stereocenters. The van der Waals surface area contributed by atoms with Crippen molar-refractivity contribution in [2.45, 2.75) is 51.7 Å². The monoisotopic (exact) mass is 334 g/mol. The first-order valence-corrected chi connectivity index (χ1v) is 10.7. The van der Waals surface area contributed by atoms with E-state index in [4.69, 9.17) is 0 Å². The lowest BCUT2D eigenvalue weighted by Crippen LogP contribution is -2.27. The molecule has 1 aliphatic carbocycles. The van der Waals surface area contributed by atoms with Crippen molar-refractivity contribution in [1.29, 1.82) is 0 Å². The molecule has 86 valence electrons. The summed E-state index contributed by atoms with van der Waals surface area (Å²) in [6, 6.07) is 0. The SMILES string of the molecule is C=C(/C(=C\I)[Si](C)(C)C)C1CCCCC1. The molecule has 15 heavy (non-hydrogen) atoms. The Morgan fingerprint density at radius 3 is 2.13 bits per heavy atom. The summed E-state index contributed by atoms with van der Waals surface area (Å²) >= 11 is 2.40. The maximum absolute atomic E-state index is 4.38. The van der Waals surface area contributed by atoms with Crippen molar-refractivity contribution in [3.8, 4) is 0 Å². The van der Waals surface area contributed by atoms with E-state index in [0.717, 1.165) is 5.92 Å². The van der Waals surface area contributed by atoms with Crippen LogP contribution in [-0.4, -0.2) is 8.07 Å². The normalized spacial score (nSPS) is 20.4. The molecule has 1 rings (SSSR count). The molecule has 0 amide bonds. The molecule has 0 spiro atoms. The molecule has 0 N–H and O–H groups in total. The van der Waals surface area contributed by atoms with Gasteiger partial charge in [0, 0.05) is 0 Å². The van der Waals surface area contributed by atoms with Crippen molar-refractivity contribution in [2.24, 2.45) is 5.92 Å². The van der Waals surface area contributed by atoms with E-state index in [2.05, 4.69) is 52.9 Å². The molecule has 0 aromatic heterocycles. The zero-order valence-electron chi connectivity index (χ0n) is 10.3. The Morgan fingerprint density at radius 2 is 1.73 bits per heavy atom. The Labute approximate surface area is 109 Å². The van der Waals surface area contributed by atoms with Crippen LogP contribution in [0.2, 0.25) is 19.6 Å². The van der Waals surface area contributed by atoms with E-state index >= 15 is 0 Å². The predicted molar refractivity (Wildman–Crippen MR) is 81.2 cm³/mol. The van der Waals surface area contributed by atoms with Crippen LogP contribution in [0.3, 0.4) is 0 Å². The van der Waals surface area contributed by atoms with E-state index in [-0.39, 0.29) is 0 Å². The van der Waals surface area contributed by atoms with E-state index in [1.54, 1.807) is 5.20 Å². The van der Waals surface area contributed by atoms with E-state index in [0.29, 0.717) is 0 Å². The fraction of sp³-hybridized carbons (Fsp3) is 0.692. The van der Waals surface area contributed by atoms with Gasteiger partial charge in [-0.1, -0.05) is 78.8 Å². The molecule has 0 nitrogen and oxygen atoms in total. The molecule has 1 saturated carbocycles. The van der Waals surface area contributed by atoms with Crippen LogP contribution in [0, 0.1) is 5.92 Å². The molecule has 0 saturated heterocycles. The van der Waals surface area contributed by atoms with Gasteiger partial charge in [0.25, 0.3) is 0 Å². The summed E-state index contributed by atoms with van der Waals surface area (Å²) in [5.74, 6) is 0.784. The second kappa shape index (κ2) is 5.67. The molecule has 2 heteroatoms. The lowest BCUT2D eigenvalue weighted by Gasteiger charge is -2.30. The summed E-state index contributed by atoms with van der Waals surface area (Å²) in [5, 5.41) is 1.59. The summed E-state index contributed by atoms with van der Waals surface area (Å²) in [6.45, 7) is 11.6. The first-order valence-electron chi connectivity index (χ1n) is 5.97. The third-order valence-electron chi connectivity index (χ3n) is 3.36. The second-order valence-electron chi connectivity index (χ2n) is 5.63. The Balaban J connectivity index is 2.73. The van der Waals surface area contributed by atoms with Crippen molar-refractivity contribution in [1.82, 2.24) is 0 Å². The van der Waals surface area contributed by atoms with Crippen LogP contribution in [0.4, 0.5) is 0 Å². The van der Waals surface area contributed by atoms with Crippen molar-refractivity contribution in [2.75, 3.05) is 0 Å². The van der Waals surface area contributed by atoms with Crippen molar-refractivity contribution < 1.29 is 0 Å². The summed E-state index contributed by atoms with van der Waals surface area (Å²) in [6.07, 6.45) is 6.99. The van der Waals surface area contributed by atoms with Gasteiger partial charge in [0.2, 0.25) is 0 Å². The maximum atomic E-state index is 4.38. The quantitative estimate of drug-likeness (QED) is 0.372. The minimum Gasteiger partial charge on any atom is -0.0956 e. The average molecular weight is 334 g/mol. The van der Waals surface area contributed by atoms with Gasteiger partial charge in [0.05, 0.1) is 8.07 Å². The van der Waals surface area contributed by atoms with Gasteiger partial charge in [0.1, 0.15) is 0 Å². The zero-order valence-corrected chi connectivity index (χ0v) is 13.4. The first kappa shape index (κ1) is 13.5. The van der Waals surface area contributed by atoms with Crippen LogP contribution in [0.15, 0.2) is 21.4 Å². The van der Waals surface area contributed by atoms with Crippen molar-refractivity contribution in [3.05, 3.63) is 21.4 Å². The Bertz CT molecular complexity index is 254. The Hall–Kier alpha value is 0.427. The Morgan fingerprint density at radius 1 is 1.20 bits per heavy atom. The third-order valence-corrected chi connectivity index (χ3v) is 6.65. The maximum Gasteiger partial charge on any atom is 0.0785 e. The molecule has 0 aromatic rings. The van der Waals surface area contributed by atoms with Gasteiger partial charge in [-0.15, -0.1) is 0 Å². The predicted octanol–water partition coefficient (Wildman–Crippen LogP) is 5.32. The number of rotatable bonds is 3. The third kappa shape index (κ3) is 3.73. The van der Waals surface area contributed by atoms with Crippen LogP contribution in [0.1, 0.15) is 32.1 Å². The lowest BCUT2D eigenvalue weighted by atomic mass is 9.84. The fourth-order valence-corrected chi connectivity index (χ4v) is 7.08.